The van der Waals surface area contributed by atoms with Crippen LogP contribution in [0.3, 0.4) is 0 Å². The lowest BCUT2D eigenvalue weighted by atomic mass is 10.1. The van der Waals surface area contributed by atoms with Gasteiger partial charge in [-0.2, -0.15) is 0 Å². The standard InChI is InChI=1S/C12H16BrNO2/c1-15-10-2-3-11(13)12(8-10)14-9-4-6-16-7-5-9/h2-3,8-9,14H,4-7H2,1H3. The number of halogens is 1. The van der Waals surface area contributed by atoms with Crippen molar-refractivity contribution < 1.29 is 9.47 Å². The van der Waals surface area contributed by atoms with E-state index in [1.807, 2.05) is 18.2 Å². The number of rotatable bonds is 3. The molecular formula is C12H16BrNO2. The molecule has 1 N–H and O–H groups in total. The second kappa shape index (κ2) is 5.55. The number of methoxy groups -OCH3 is 1. The Morgan fingerprint density at radius 1 is 1.38 bits per heavy atom. The summed E-state index contributed by atoms with van der Waals surface area (Å²) < 4.78 is 11.6. The summed E-state index contributed by atoms with van der Waals surface area (Å²) >= 11 is 3.54. The van der Waals surface area contributed by atoms with Crippen molar-refractivity contribution in [3.8, 4) is 5.75 Å². The lowest BCUT2D eigenvalue weighted by Gasteiger charge is -2.24. The fourth-order valence-electron chi connectivity index (χ4n) is 1.80. The maximum atomic E-state index is 5.34. The van der Waals surface area contributed by atoms with Crippen molar-refractivity contribution in [2.24, 2.45) is 0 Å². The van der Waals surface area contributed by atoms with Crippen molar-refractivity contribution in [1.82, 2.24) is 0 Å². The molecule has 0 saturated carbocycles. The van der Waals surface area contributed by atoms with Crippen LogP contribution in [0, 0.1) is 0 Å². The first-order valence-electron chi connectivity index (χ1n) is 5.47. The highest BCUT2D eigenvalue weighted by Crippen LogP contribution is 2.28. The minimum atomic E-state index is 0.497. The molecule has 1 fully saturated rings. The average Bonchev–Trinajstić information content (AvgIpc) is 2.33. The first-order valence-corrected chi connectivity index (χ1v) is 6.26. The lowest BCUT2D eigenvalue weighted by molar-refractivity contribution is 0.0904. The van der Waals surface area contributed by atoms with Gasteiger partial charge < -0.3 is 14.8 Å². The molecule has 3 nitrogen and oxygen atoms in total. The van der Waals surface area contributed by atoms with E-state index in [1.54, 1.807) is 7.11 Å². The van der Waals surface area contributed by atoms with E-state index in [1.165, 1.54) is 0 Å². The Bertz CT molecular complexity index is 351. The minimum absolute atomic E-state index is 0.497. The van der Waals surface area contributed by atoms with E-state index in [0.717, 1.165) is 42.0 Å². The number of anilines is 1. The van der Waals surface area contributed by atoms with Gasteiger partial charge in [-0.05, 0) is 40.9 Å². The molecule has 88 valence electrons. The molecule has 0 atom stereocenters. The van der Waals surface area contributed by atoms with Crippen molar-refractivity contribution in [2.75, 3.05) is 25.6 Å². The summed E-state index contributed by atoms with van der Waals surface area (Å²) in [5, 5.41) is 3.52. The molecule has 1 saturated heterocycles. The van der Waals surface area contributed by atoms with Gasteiger partial charge in [-0.15, -0.1) is 0 Å². The maximum Gasteiger partial charge on any atom is 0.121 e. The molecule has 1 heterocycles. The van der Waals surface area contributed by atoms with E-state index in [-0.39, 0.29) is 0 Å². The van der Waals surface area contributed by atoms with Crippen molar-refractivity contribution in [1.29, 1.82) is 0 Å². The summed E-state index contributed by atoms with van der Waals surface area (Å²) in [5.74, 6) is 0.873. The summed E-state index contributed by atoms with van der Waals surface area (Å²) in [6.45, 7) is 1.69. The molecule has 0 unspecified atom stereocenters. The average molecular weight is 286 g/mol. The second-order valence-corrected chi connectivity index (χ2v) is 4.73. The van der Waals surface area contributed by atoms with Gasteiger partial charge >= 0.3 is 0 Å². The molecule has 0 aliphatic carbocycles. The van der Waals surface area contributed by atoms with Crippen LogP contribution in [0.2, 0.25) is 0 Å². The third kappa shape index (κ3) is 2.89. The van der Waals surface area contributed by atoms with Gasteiger partial charge in [0.2, 0.25) is 0 Å². The van der Waals surface area contributed by atoms with E-state index >= 15 is 0 Å². The van der Waals surface area contributed by atoms with Gasteiger partial charge in [-0.1, -0.05) is 0 Å². The fourth-order valence-corrected chi connectivity index (χ4v) is 2.16. The quantitative estimate of drug-likeness (QED) is 0.926. The van der Waals surface area contributed by atoms with Crippen LogP contribution in [0.15, 0.2) is 22.7 Å². The largest absolute Gasteiger partial charge is 0.497 e. The van der Waals surface area contributed by atoms with Crippen molar-refractivity contribution in [3.05, 3.63) is 22.7 Å². The zero-order valence-electron chi connectivity index (χ0n) is 9.33. The topological polar surface area (TPSA) is 30.5 Å². The van der Waals surface area contributed by atoms with E-state index in [2.05, 4.69) is 21.2 Å². The minimum Gasteiger partial charge on any atom is -0.497 e. The van der Waals surface area contributed by atoms with Crippen LogP contribution >= 0.6 is 15.9 Å². The van der Waals surface area contributed by atoms with E-state index in [4.69, 9.17) is 9.47 Å². The molecule has 1 aliphatic rings. The highest BCUT2D eigenvalue weighted by Gasteiger charge is 2.14. The summed E-state index contributed by atoms with van der Waals surface area (Å²) in [7, 11) is 1.68. The SMILES string of the molecule is COc1ccc(Br)c(NC2CCOCC2)c1. The number of benzene rings is 1. The summed E-state index contributed by atoms with van der Waals surface area (Å²) in [6, 6.07) is 6.45. The smallest absolute Gasteiger partial charge is 0.121 e. The molecule has 0 amide bonds. The van der Waals surface area contributed by atoms with Crippen LogP contribution in [-0.2, 0) is 4.74 Å². The Balaban J connectivity index is 2.06. The lowest BCUT2D eigenvalue weighted by Crippen LogP contribution is -2.27. The third-order valence-corrected chi connectivity index (χ3v) is 3.45. The van der Waals surface area contributed by atoms with Crippen LogP contribution in [0.1, 0.15) is 12.8 Å². The third-order valence-electron chi connectivity index (χ3n) is 2.75. The Morgan fingerprint density at radius 2 is 2.12 bits per heavy atom. The van der Waals surface area contributed by atoms with E-state index in [9.17, 15) is 0 Å². The van der Waals surface area contributed by atoms with Gasteiger partial charge in [0.1, 0.15) is 5.75 Å². The van der Waals surface area contributed by atoms with E-state index < -0.39 is 0 Å². The first-order chi connectivity index (χ1) is 7.79. The highest BCUT2D eigenvalue weighted by molar-refractivity contribution is 9.10. The Hall–Kier alpha value is -0.740. The Labute approximate surface area is 104 Å². The van der Waals surface area contributed by atoms with Gasteiger partial charge in [0.05, 0.1) is 12.8 Å². The van der Waals surface area contributed by atoms with Crippen LogP contribution in [-0.4, -0.2) is 26.4 Å². The number of ether oxygens (including phenoxy) is 2. The second-order valence-electron chi connectivity index (χ2n) is 3.88. The Morgan fingerprint density at radius 3 is 2.81 bits per heavy atom. The van der Waals surface area contributed by atoms with Crippen molar-refractivity contribution in [2.45, 2.75) is 18.9 Å². The predicted octanol–water partition coefficient (Wildman–Crippen LogP) is 3.05. The molecule has 4 heteroatoms. The summed E-state index contributed by atoms with van der Waals surface area (Å²) in [6.07, 6.45) is 2.12. The van der Waals surface area contributed by atoms with Crippen molar-refractivity contribution >= 4 is 21.6 Å². The predicted molar refractivity (Wildman–Crippen MR) is 68.2 cm³/mol. The van der Waals surface area contributed by atoms with Crippen molar-refractivity contribution in [3.63, 3.8) is 0 Å². The molecule has 0 bridgehead atoms. The summed E-state index contributed by atoms with van der Waals surface area (Å²) in [5.41, 5.74) is 1.09. The number of hydrogen-bond acceptors (Lipinski definition) is 3. The molecule has 0 spiro atoms. The van der Waals surface area contributed by atoms with Crippen LogP contribution in [0.4, 0.5) is 5.69 Å². The fraction of sp³-hybridized carbons (Fsp3) is 0.500. The van der Waals surface area contributed by atoms with Gasteiger partial charge in [0.25, 0.3) is 0 Å². The van der Waals surface area contributed by atoms with E-state index in [0.29, 0.717) is 6.04 Å². The van der Waals surface area contributed by atoms with Crippen LogP contribution in [0.25, 0.3) is 0 Å². The normalized spacial score (nSPS) is 17.1. The van der Waals surface area contributed by atoms with Gasteiger partial charge in [-0.25, -0.2) is 0 Å². The monoisotopic (exact) mass is 285 g/mol. The van der Waals surface area contributed by atoms with Gasteiger partial charge in [-0.3, -0.25) is 0 Å². The zero-order valence-corrected chi connectivity index (χ0v) is 10.9. The molecule has 2 rings (SSSR count). The number of nitrogens with one attached hydrogen (secondary N) is 1. The van der Waals surface area contributed by atoms with Crippen LogP contribution in [0.5, 0.6) is 5.75 Å². The highest BCUT2D eigenvalue weighted by atomic mass is 79.9. The van der Waals surface area contributed by atoms with Gasteiger partial charge in [0, 0.05) is 29.8 Å². The molecule has 1 aliphatic heterocycles. The summed E-state index contributed by atoms with van der Waals surface area (Å²) in [4.78, 5) is 0. The number of hydrogen-bond donors (Lipinski definition) is 1. The maximum absolute atomic E-state index is 5.34. The molecule has 0 radical (unpaired) electrons. The zero-order chi connectivity index (χ0) is 11.4. The first kappa shape index (κ1) is 11.7. The van der Waals surface area contributed by atoms with Crippen LogP contribution < -0.4 is 10.1 Å². The Kier molecular flexibility index (Phi) is 4.07. The van der Waals surface area contributed by atoms with Gasteiger partial charge in [0.15, 0.2) is 0 Å². The molecule has 0 aromatic heterocycles. The molecule has 1 aromatic rings. The molecular weight excluding hydrogens is 270 g/mol. The molecule has 16 heavy (non-hydrogen) atoms. The molecule has 1 aromatic carbocycles.